The largest absolute Gasteiger partial charge is 0.481 e. The number of rotatable bonds is 4. The van der Waals surface area contributed by atoms with Gasteiger partial charge in [-0.15, -0.1) is 11.3 Å². The van der Waals surface area contributed by atoms with E-state index >= 15 is 0 Å². The van der Waals surface area contributed by atoms with E-state index < -0.39 is 10.0 Å². The van der Waals surface area contributed by atoms with E-state index in [4.69, 9.17) is 4.74 Å². The summed E-state index contributed by atoms with van der Waals surface area (Å²) in [4.78, 5) is 11.7. The van der Waals surface area contributed by atoms with Gasteiger partial charge in [0.05, 0.1) is 7.11 Å². The number of sulfonamides is 1. The Morgan fingerprint density at radius 1 is 1.12 bits per heavy atom. The quantitative estimate of drug-likeness (QED) is 0.817. The average molecular weight is 368 g/mol. The van der Waals surface area contributed by atoms with Crippen LogP contribution in [0.3, 0.4) is 0 Å². The average Bonchev–Trinajstić information content (AvgIpc) is 3.01. The second-order valence-corrected chi connectivity index (χ2v) is 9.02. The summed E-state index contributed by atoms with van der Waals surface area (Å²) in [5.74, 6) is 1.92. The first-order valence-corrected chi connectivity index (χ1v) is 9.87. The number of piperazine rings is 1. The van der Waals surface area contributed by atoms with Gasteiger partial charge in [0.25, 0.3) is 10.0 Å². The highest BCUT2D eigenvalue weighted by atomic mass is 32.2. The summed E-state index contributed by atoms with van der Waals surface area (Å²) in [7, 11) is -1.83. The van der Waals surface area contributed by atoms with Gasteiger partial charge in [-0.3, -0.25) is 0 Å². The van der Waals surface area contributed by atoms with Gasteiger partial charge in [-0.1, -0.05) is 0 Å². The number of ether oxygens (including phenoxy) is 1. The summed E-state index contributed by atoms with van der Waals surface area (Å²) in [5.41, 5.74) is 0. The van der Waals surface area contributed by atoms with Crippen molar-refractivity contribution in [1.82, 2.24) is 14.3 Å². The third-order valence-corrected chi connectivity index (χ3v) is 7.25. The van der Waals surface area contributed by atoms with Crippen molar-refractivity contribution >= 4 is 27.2 Å². The van der Waals surface area contributed by atoms with Crippen LogP contribution in [0.2, 0.25) is 0 Å². The van der Waals surface area contributed by atoms with Gasteiger partial charge in [0.15, 0.2) is 0 Å². The third kappa shape index (κ3) is 3.38. The molecule has 130 valence electrons. The molecule has 0 amide bonds. The van der Waals surface area contributed by atoms with Crippen molar-refractivity contribution in [2.24, 2.45) is 0 Å². The monoisotopic (exact) mass is 368 g/mol. The number of anilines is 1. The van der Waals surface area contributed by atoms with E-state index in [1.165, 1.54) is 11.3 Å². The Morgan fingerprint density at radius 2 is 1.83 bits per heavy atom. The van der Waals surface area contributed by atoms with Crippen LogP contribution in [0.1, 0.15) is 10.7 Å². The van der Waals surface area contributed by atoms with Crippen LogP contribution in [0.4, 0.5) is 5.82 Å². The molecule has 2 aromatic rings. The van der Waals surface area contributed by atoms with Crippen LogP contribution in [0.5, 0.6) is 5.88 Å². The molecule has 1 fully saturated rings. The standard InChI is InChI=1S/C15H20N4O3S2/c1-11-4-5-15(23-11)24(20,21)19-8-6-18(7-9-19)13-10-14(22-3)17-12(2)16-13/h4-5,10H,6-9H2,1-3H3. The SMILES string of the molecule is COc1cc(N2CCN(S(=O)(=O)c3ccc(C)s3)CC2)nc(C)n1. The van der Waals surface area contributed by atoms with Gasteiger partial charge in [0.1, 0.15) is 15.9 Å². The lowest BCUT2D eigenvalue weighted by atomic mass is 10.3. The molecular formula is C15H20N4O3S2. The normalized spacial score (nSPS) is 16.4. The molecule has 0 atom stereocenters. The zero-order chi connectivity index (χ0) is 17.3. The summed E-state index contributed by atoms with van der Waals surface area (Å²) in [6.07, 6.45) is 0. The summed E-state index contributed by atoms with van der Waals surface area (Å²) in [6.45, 7) is 5.76. The van der Waals surface area contributed by atoms with Gasteiger partial charge in [0.2, 0.25) is 5.88 Å². The van der Waals surface area contributed by atoms with Crippen molar-refractivity contribution < 1.29 is 13.2 Å². The van der Waals surface area contributed by atoms with Gasteiger partial charge in [-0.05, 0) is 26.0 Å². The number of aromatic nitrogens is 2. The van der Waals surface area contributed by atoms with Gasteiger partial charge < -0.3 is 9.64 Å². The van der Waals surface area contributed by atoms with Crippen LogP contribution in [0.25, 0.3) is 0 Å². The van der Waals surface area contributed by atoms with Crippen molar-refractivity contribution in [3.05, 3.63) is 28.9 Å². The summed E-state index contributed by atoms with van der Waals surface area (Å²) >= 11 is 1.31. The number of methoxy groups -OCH3 is 1. The van der Waals surface area contributed by atoms with Crippen LogP contribution in [0.15, 0.2) is 22.4 Å². The lowest BCUT2D eigenvalue weighted by Crippen LogP contribution is -2.48. The fourth-order valence-electron chi connectivity index (χ4n) is 2.63. The zero-order valence-electron chi connectivity index (χ0n) is 13.9. The molecule has 0 saturated carbocycles. The van der Waals surface area contributed by atoms with Crippen LogP contribution in [-0.2, 0) is 10.0 Å². The number of nitrogens with zero attached hydrogens (tertiary/aromatic N) is 4. The van der Waals surface area contributed by atoms with Gasteiger partial charge in [-0.25, -0.2) is 13.4 Å². The predicted octanol–water partition coefficient (Wildman–Crippen LogP) is 1.67. The molecule has 24 heavy (non-hydrogen) atoms. The minimum absolute atomic E-state index is 0.410. The summed E-state index contributed by atoms with van der Waals surface area (Å²) in [6, 6.07) is 5.30. The predicted molar refractivity (Wildman–Crippen MR) is 93.3 cm³/mol. The number of hydrogen-bond acceptors (Lipinski definition) is 7. The maximum Gasteiger partial charge on any atom is 0.252 e. The fourth-order valence-corrected chi connectivity index (χ4v) is 5.49. The highest BCUT2D eigenvalue weighted by Crippen LogP contribution is 2.26. The first-order chi connectivity index (χ1) is 11.4. The maximum atomic E-state index is 12.7. The van der Waals surface area contributed by atoms with E-state index in [-0.39, 0.29) is 0 Å². The van der Waals surface area contributed by atoms with Crippen LogP contribution < -0.4 is 9.64 Å². The van der Waals surface area contributed by atoms with Gasteiger partial charge in [-0.2, -0.15) is 9.29 Å². The van der Waals surface area contributed by atoms with Crippen LogP contribution in [-0.4, -0.2) is 56.0 Å². The lowest BCUT2D eigenvalue weighted by Gasteiger charge is -2.34. The van der Waals surface area contributed by atoms with Crippen molar-refractivity contribution in [3.8, 4) is 5.88 Å². The highest BCUT2D eigenvalue weighted by molar-refractivity contribution is 7.91. The number of thiophene rings is 1. The molecule has 0 unspecified atom stereocenters. The van der Waals surface area contributed by atoms with E-state index in [1.54, 1.807) is 23.5 Å². The summed E-state index contributed by atoms with van der Waals surface area (Å²) < 4.78 is 32.5. The molecule has 3 heterocycles. The van der Waals surface area contributed by atoms with E-state index in [0.717, 1.165) is 10.7 Å². The topological polar surface area (TPSA) is 75.6 Å². The van der Waals surface area contributed by atoms with E-state index in [2.05, 4.69) is 14.9 Å². The minimum atomic E-state index is -3.40. The molecule has 1 aliphatic heterocycles. The van der Waals surface area contributed by atoms with E-state index in [0.29, 0.717) is 42.1 Å². The Bertz CT molecular complexity index is 827. The molecule has 0 aliphatic carbocycles. The Balaban J connectivity index is 1.73. The Kier molecular flexibility index (Phi) is 4.75. The van der Waals surface area contributed by atoms with Crippen molar-refractivity contribution in [1.29, 1.82) is 0 Å². The molecule has 0 aromatic carbocycles. The molecule has 1 aliphatic rings. The van der Waals surface area contributed by atoms with Crippen LogP contribution in [0, 0.1) is 13.8 Å². The molecule has 3 rings (SSSR count). The molecule has 0 radical (unpaired) electrons. The first-order valence-electron chi connectivity index (χ1n) is 7.61. The zero-order valence-corrected chi connectivity index (χ0v) is 15.5. The van der Waals surface area contributed by atoms with Gasteiger partial charge >= 0.3 is 0 Å². The molecule has 7 nitrogen and oxygen atoms in total. The highest BCUT2D eigenvalue weighted by Gasteiger charge is 2.30. The van der Waals surface area contributed by atoms with Crippen molar-refractivity contribution in [3.63, 3.8) is 0 Å². The van der Waals surface area contributed by atoms with E-state index in [1.807, 2.05) is 19.9 Å². The number of hydrogen-bond donors (Lipinski definition) is 0. The fraction of sp³-hybridized carbons (Fsp3) is 0.467. The number of aryl methyl sites for hydroxylation is 2. The Hall–Kier alpha value is -1.71. The van der Waals surface area contributed by atoms with E-state index in [9.17, 15) is 8.42 Å². The van der Waals surface area contributed by atoms with Gasteiger partial charge in [0, 0.05) is 37.1 Å². The second kappa shape index (κ2) is 6.66. The molecule has 0 N–H and O–H groups in total. The lowest BCUT2D eigenvalue weighted by molar-refractivity contribution is 0.381. The van der Waals surface area contributed by atoms with Crippen molar-refractivity contribution in [2.45, 2.75) is 18.1 Å². The Morgan fingerprint density at radius 3 is 2.42 bits per heavy atom. The first kappa shape index (κ1) is 17.1. The second-order valence-electron chi connectivity index (χ2n) is 5.57. The minimum Gasteiger partial charge on any atom is -0.481 e. The van der Waals surface area contributed by atoms with Crippen molar-refractivity contribution in [2.75, 3.05) is 38.2 Å². The van der Waals surface area contributed by atoms with Crippen LogP contribution >= 0.6 is 11.3 Å². The molecule has 0 spiro atoms. The molecule has 9 heteroatoms. The maximum absolute atomic E-state index is 12.7. The third-order valence-electron chi connectivity index (χ3n) is 3.88. The molecule has 2 aromatic heterocycles. The summed E-state index contributed by atoms with van der Waals surface area (Å²) in [5, 5.41) is 0. The molecular weight excluding hydrogens is 348 g/mol. The Labute approximate surface area is 146 Å². The molecule has 0 bridgehead atoms. The molecule has 1 saturated heterocycles. The smallest absolute Gasteiger partial charge is 0.252 e.